The molecule has 0 fully saturated rings. The van der Waals surface area contributed by atoms with Gasteiger partial charge in [0.1, 0.15) is 6.10 Å². The number of hydrogen-bond donors (Lipinski definition) is 0. The van der Waals surface area contributed by atoms with Crippen molar-refractivity contribution in [3.8, 4) is 0 Å². The minimum absolute atomic E-state index is 0.0138. The van der Waals surface area contributed by atoms with E-state index >= 15 is 0 Å². The first-order valence-electron chi connectivity index (χ1n) is 7.28. The van der Waals surface area contributed by atoms with E-state index in [-0.39, 0.29) is 12.2 Å². The highest BCUT2D eigenvalue weighted by Gasteiger charge is 2.22. The van der Waals surface area contributed by atoms with Gasteiger partial charge in [-0.3, -0.25) is 9.78 Å². The number of aromatic nitrogens is 1. The van der Waals surface area contributed by atoms with Gasteiger partial charge >= 0.3 is 0 Å². The molecule has 0 aliphatic heterocycles. The van der Waals surface area contributed by atoms with Gasteiger partial charge in [-0.05, 0) is 38.5 Å². The lowest BCUT2D eigenvalue weighted by Gasteiger charge is -2.23. The normalized spacial score (nSPS) is 12.9. The Morgan fingerprint density at radius 2 is 1.73 bits per heavy atom. The summed E-state index contributed by atoms with van der Waals surface area (Å²) in [6.07, 6.45) is 3.10. The van der Waals surface area contributed by atoms with Gasteiger partial charge in [-0.15, -0.1) is 0 Å². The van der Waals surface area contributed by atoms with Crippen LogP contribution in [0.15, 0.2) is 54.9 Å². The molecule has 2 aromatic rings. The summed E-state index contributed by atoms with van der Waals surface area (Å²) in [7, 11) is 0. The van der Waals surface area contributed by atoms with E-state index in [4.69, 9.17) is 9.78 Å². The number of benzene rings is 1. The zero-order chi connectivity index (χ0) is 16.0. The van der Waals surface area contributed by atoms with E-state index in [0.717, 1.165) is 5.56 Å². The summed E-state index contributed by atoms with van der Waals surface area (Å²) in [4.78, 5) is 27.3. The molecule has 22 heavy (non-hydrogen) atoms. The van der Waals surface area contributed by atoms with Crippen LogP contribution in [0.1, 0.15) is 49.2 Å². The first-order valence-corrected chi connectivity index (χ1v) is 7.28. The van der Waals surface area contributed by atoms with E-state index in [1.165, 1.54) is 0 Å². The standard InChI is InChI=1S/C18H21NO3/c1-18(2,3)22-21-17(15-9-11-19-12-10-15)13-16(20)14-7-5-4-6-8-14/h4-12,17H,13H2,1-3H3. The molecule has 0 saturated carbocycles. The van der Waals surface area contributed by atoms with Gasteiger partial charge in [0.15, 0.2) is 5.78 Å². The summed E-state index contributed by atoms with van der Waals surface area (Å²) < 4.78 is 0. The second-order valence-corrected chi connectivity index (χ2v) is 6.05. The molecule has 1 unspecified atom stereocenters. The molecule has 1 atom stereocenters. The van der Waals surface area contributed by atoms with Crippen LogP contribution in [0.2, 0.25) is 0 Å². The fourth-order valence-electron chi connectivity index (χ4n) is 1.90. The zero-order valence-corrected chi connectivity index (χ0v) is 13.2. The predicted octanol–water partition coefficient (Wildman–Crippen LogP) is 4.14. The highest BCUT2D eigenvalue weighted by atomic mass is 17.2. The van der Waals surface area contributed by atoms with Gasteiger partial charge in [0.2, 0.25) is 0 Å². The number of carbonyl (C=O) groups is 1. The van der Waals surface area contributed by atoms with Crippen LogP contribution in [-0.4, -0.2) is 16.4 Å². The second kappa shape index (κ2) is 7.29. The summed E-state index contributed by atoms with van der Waals surface area (Å²) in [5.41, 5.74) is 1.09. The smallest absolute Gasteiger partial charge is 0.165 e. The van der Waals surface area contributed by atoms with Crippen LogP contribution in [0.4, 0.5) is 0 Å². The molecule has 0 aliphatic rings. The lowest BCUT2D eigenvalue weighted by atomic mass is 10.0. The second-order valence-electron chi connectivity index (χ2n) is 6.05. The molecule has 4 heteroatoms. The van der Waals surface area contributed by atoms with Gasteiger partial charge in [-0.2, -0.15) is 0 Å². The van der Waals surface area contributed by atoms with Crippen LogP contribution in [-0.2, 0) is 9.78 Å². The van der Waals surface area contributed by atoms with Crippen molar-refractivity contribution in [1.29, 1.82) is 0 Å². The van der Waals surface area contributed by atoms with Crippen LogP contribution >= 0.6 is 0 Å². The molecule has 116 valence electrons. The number of hydrogen-bond acceptors (Lipinski definition) is 4. The molecular formula is C18H21NO3. The van der Waals surface area contributed by atoms with E-state index in [1.54, 1.807) is 24.5 Å². The van der Waals surface area contributed by atoms with Gasteiger partial charge in [0.25, 0.3) is 0 Å². The number of nitrogens with zero attached hydrogens (tertiary/aromatic N) is 1. The molecular weight excluding hydrogens is 278 g/mol. The van der Waals surface area contributed by atoms with Gasteiger partial charge < -0.3 is 0 Å². The Morgan fingerprint density at radius 3 is 2.32 bits per heavy atom. The fourth-order valence-corrected chi connectivity index (χ4v) is 1.90. The van der Waals surface area contributed by atoms with Crippen LogP contribution in [0.5, 0.6) is 0 Å². The Bertz CT molecular complexity index is 591. The molecule has 2 rings (SSSR count). The largest absolute Gasteiger partial charge is 0.294 e. The van der Waals surface area contributed by atoms with Gasteiger partial charge in [-0.1, -0.05) is 30.3 Å². The maximum atomic E-state index is 12.4. The summed E-state index contributed by atoms with van der Waals surface area (Å²) >= 11 is 0. The van der Waals surface area contributed by atoms with Crippen molar-refractivity contribution >= 4 is 5.78 Å². The van der Waals surface area contributed by atoms with Crippen LogP contribution in [0.25, 0.3) is 0 Å². The van der Waals surface area contributed by atoms with Gasteiger partial charge in [0.05, 0.1) is 5.60 Å². The van der Waals surface area contributed by atoms with Gasteiger partial charge in [0, 0.05) is 24.4 Å². The average molecular weight is 299 g/mol. The molecule has 0 aliphatic carbocycles. The fraction of sp³-hybridized carbons (Fsp3) is 0.333. The molecule has 0 N–H and O–H groups in total. The Kier molecular flexibility index (Phi) is 5.41. The molecule has 0 radical (unpaired) electrons. The predicted molar refractivity (Wildman–Crippen MR) is 84.3 cm³/mol. The molecule has 1 heterocycles. The third kappa shape index (κ3) is 5.06. The Hall–Kier alpha value is -2.04. The minimum Gasteiger partial charge on any atom is -0.294 e. The third-order valence-corrected chi connectivity index (χ3v) is 2.96. The highest BCUT2D eigenvalue weighted by molar-refractivity contribution is 5.96. The van der Waals surface area contributed by atoms with Crippen molar-refractivity contribution in [2.75, 3.05) is 0 Å². The van der Waals surface area contributed by atoms with Crippen molar-refractivity contribution in [3.63, 3.8) is 0 Å². The Morgan fingerprint density at radius 1 is 1.09 bits per heavy atom. The number of rotatable bonds is 6. The third-order valence-electron chi connectivity index (χ3n) is 2.96. The lowest BCUT2D eigenvalue weighted by Crippen LogP contribution is -2.22. The summed E-state index contributed by atoms with van der Waals surface area (Å²) in [5, 5.41) is 0. The zero-order valence-electron chi connectivity index (χ0n) is 13.2. The summed E-state index contributed by atoms with van der Waals surface area (Å²) in [6, 6.07) is 12.8. The molecule has 0 amide bonds. The monoisotopic (exact) mass is 299 g/mol. The number of carbonyl (C=O) groups excluding carboxylic acids is 1. The summed E-state index contributed by atoms with van der Waals surface area (Å²) in [5.74, 6) is 0.0138. The number of Topliss-reactive ketones (excluding diaryl/α,β-unsaturated/α-hetero) is 1. The van der Waals surface area contributed by atoms with Crippen LogP contribution < -0.4 is 0 Å². The average Bonchev–Trinajstić information content (AvgIpc) is 2.52. The van der Waals surface area contributed by atoms with Crippen LogP contribution in [0, 0.1) is 0 Å². The minimum atomic E-state index is -0.463. The van der Waals surface area contributed by atoms with Crippen molar-refractivity contribution in [2.45, 2.75) is 38.9 Å². The quantitative estimate of drug-likeness (QED) is 0.457. The van der Waals surface area contributed by atoms with E-state index in [1.807, 2.05) is 51.1 Å². The Balaban J connectivity index is 2.12. The first-order chi connectivity index (χ1) is 10.5. The van der Waals surface area contributed by atoms with E-state index in [0.29, 0.717) is 5.56 Å². The topological polar surface area (TPSA) is 48.4 Å². The van der Waals surface area contributed by atoms with Crippen molar-refractivity contribution in [3.05, 3.63) is 66.0 Å². The first kappa shape index (κ1) is 16.3. The number of ketones is 1. The SMILES string of the molecule is CC(C)(C)OOC(CC(=O)c1ccccc1)c1ccncc1. The van der Waals surface area contributed by atoms with Gasteiger partial charge in [-0.25, -0.2) is 9.78 Å². The summed E-state index contributed by atoms with van der Waals surface area (Å²) in [6.45, 7) is 5.70. The van der Waals surface area contributed by atoms with E-state index < -0.39 is 11.7 Å². The van der Waals surface area contributed by atoms with Crippen LogP contribution in [0.3, 0.4) is 0 Å². The Labute approximate surface area is 131 Å². The molecule has 4 nitrogen and oxygen atoms in total. The molecule has 0 bridgehead atoms. The maximum absolute atomic E-state index is 12.4. The molecule has 0 saturated heterocycles. The van der Waals surface area contributed by atoms with Crippen molar-refractivity contribution in [2.24, 2.45) is 0 Å². The van der Waals surface area contributed by atoms with E-state index in [2.05, 4.69) is 4.98 Å². The van der Waals surface area contributed by atoms with E-state index in [9.17, 15) is 4.79 Å². The number of pyridine rings is 1. The lowest BCUT2D eigenvalue weighted by molar-refractivity contribution is -0.375. The highest BCUT2D eigenvalue weighted by Crippen LogP contribution is 2.25. The molecule has 0 spiro atoms. The molecule has 1 aromatic heterocycles. The van der Waals surface area contributed by atoms with Crippen molar-refractivity contribution < 1.29 is 14.6 Å². The van der Waals surface area contributed by atoms with Crippen molar-refractivity contribution in [1.82, 2.24) is 4.98 Å². The molecule has 1 aromatic carbocycles. The maximum Gasteiger partial charge on any atom is 0.165 e.